The van der Waals surface area contributed by atoms with E-state index >= 15 is 0 Å². The van der Waals surface area contributed by atoms with Gasteiger partial charge in [-0.3, -0.25) is 10.1 Å². The molecule has 0 saturated carbocycles. The van der Waals surface area contributed by atoms with Gasteiger partial charge in [-0.15, -0.1) is 0 Å². The molecule has 0 aliphatic rings. The first-order chi connectivity index (χ1) is 12.0. The van der Waals surface area contributed by atoms with E-state index in [0.29, 0.717) is 5.69 Å². The summed E-state index contributed by atoms with van der Waals surface area (Å²) < 4.78 is 40.9. The summed E-state index contributed by atoms with van der Waals surface area (Å²) in [5, 5.41) is 10.8. The van der Waals surface area contributed by atoms with E-state index in [1.54, 1.807) is 30.3 Å². The predicted octanol–water partition coefficient (Wildman–Crippen LogP) is 5.48. The zero-order valence-corrected chi connectivity index (χ0v) is 12.7. The Labute approximate surface area is 140 Å². The number of halogens is 3. The smallest absolute Gasteiger partial charge is 0.304 e. The molecule has 0 spiro atoms. The van der Waals surface area contributed by atoms with E-state index in [9.17, 15) is 23.3 Å². The zero-order valence-electron chi connectivity index (χ0n) is 12.7. The van der Waals surface area contributed by atoms with Gasteiger partial charge in [0, 0.05) is 35.3 Å². The number of hydrogen-bond donors (Lipinski definition) is 0. The lowest BCUT2D eigenvalue weighted by atomic mass is 10.1. The van der Waals surface area contributed by atoms with Gasteiger partial charge in [0.2, 0.25) is 5.82 Å². The molecular formula is C18H11F3N2O2. The topological polar surface area (TPSA) is 46.4 Å². The molecule has 7 heteroatoms. The molecule has 126 valence electrons. The van der Waals surface area contributed by atoms with Gasteiger partial charge in [0.05, 0.1) is 4.92 Å². The van der Waals surface area contributed by atoms with Gasteiger partial charge < -0.3 is 4.90 Å². The van der Waals surface area contributed by atoms with E-state index in [1.165, 1.54) is 17.0 Å². The standard InChI is InChI=1S/C18H11F3N2O2/c19-15-8-6-13(10-16(15)20)22(12-4-2-1-3-5-12)14-7-9-18(23(24)25)17(21)11-14/h1-11H. The van der Waals surface area contributed by atoms with E-state index in [0.717, 1.165) is 24.3 Å². The average molecular weight is 344 g/mol. The van der Waals surface area contributed by atoms with Gasteiger partial charge in [0.25, 0.3) is 0 Å². The van der Waals surface area contributed by atoms with Gasteiger partial charge >= 0.3 is 5.69 Å². The Morgan fingerprint density at radius 2 is 1.32 bits per heavy atom. The number of hydrogen-bond acceptors (Lipinski definition) is 3. The molecule has 4 nitrogen and oxygen atoms in total. The maximum Gasteiger partial charge on any atom is 0.304 e. The Bertz CT molecular complexity index is 933. The van der Waals surface area contributed by atoms with Gasteiger partial charge in [-0.25, -0.2) is 8.78 Å². The number of anilines is 3. The number of nitro benzene ring substituents is 1. The third-order valence-electron chi connectivity index (χ3n) is 3.56. The minimum Gasteiger partial charge on any atom is -0.310 e. The van der Waals surface area contributed by atoms with Gasteiger partial charge in [-0.2, -0.15) is 4.39 Å². The summed E-state index contributed by atoms with van der Waals surface area (Å²) in [7, 11) is 0. The first-order valence-electron chi connectivity index (χ1n) is 7.21. The van der Waals surface area contributed by atoms with Gasteiger partial charge in [0.15, 0.2) is 11.6 Å². The molecule has 0 aliphatic carbocycles. The molecule has 0 saturated heterocycles. The number of rotatable bonds is 4. The average Bonchev–Trinajstić information content (AvgIpc) is 2.59. The second-order valence-electron chi connectivity index (χ2n) is 5.16. The predicted molar refractivity (Wildman–Crippen MR) is 87.7 cm³/mol. The quantitative estimate of drug-likeness (QED) is 0.465. The highest BCUT2D eigenvalue weighted by Crippen LogP contribution is 2.36. The van der Waals surface area contributed by atoms with Crippen LogP contribution in [0.5, 0.6) is 0 Å². The van der Waals surface area contributed by atoms with Crippen LogP contribution in [-0.4, -0.2) is 4.92 Å². The van der Waals surface area contributed by atoms with Crippen molar-refractivity contribution in [2.45, 2.75) is 0 Å². The molecular weight excluding hydrogens is 333 g/mol. The largest absolute Gasteiger partial charge is 0.310 e. The summed E-state index contributed by atoms with van der Waals surface area (Å²) in [4.78, 5) is 11.4. The van der Waals surface area contributed by atoms with Crippen molar-refractivity contribution in [1.82, 2.24) is 0 Å². The Morgan fingerprint density at radius 3 is 1.88 bits per heavy atom. The van der Waals surface area contributed by atoms with Gasteiger partial charge in [-0.05, 0) is 30.3 Å². The molecule has 3 aromatic rings. The molecule has 0 bridgehead atoms. The summed E-state index contributed by atoms with van der Waals surface area (Å²) in [6.07, 6.45) is 0. The number of benzene rings is 3. The van der Waals surface area contributed by atoms with Gasteiger partial charge in [0.1, 0.15) is 0 Å². The molecule has 0 aromatic heterocycles. The molecule has 0 unspecified atom stereocenters. The monoisotopic (exact) mass is 344 g/mol. The van der Waals surface area contributed by atoms with Crippen LogP contribution in [0.1, 0.15) is 0 Å². The first-order valence-corrected chi connectivity index (χ1v) is 7.21. The van der Waals surface area contributed by atoms with E-state index in [1.807, 2.05) is 0 Å². The molecule has 0 fully saturated rings. The third kappa shape index (κ3) is 3.30. The highest BCUT2D eigenvalue weighted by atomic mass is 19.2. The molecule has 25 heavy (non-hydrogen) atoms. The lowest BCUT2D eigenvalue weighted by Crippen LogP contribution is -2.11. The number of nitrogens with zero attached hydrogens (tertiary/aromatic N) is 2. The fraction of sp³-hybridized carbons (Fsp3) is 0. The summed E-state index contributed by atoms with van der Waals surface area (Å²) in [5.74, 6) is -3.08. The van der Waals surface area contributed by atoms with Crippen LogP contribution >= 0.6 is 0 Å². The minimum atomic E-state index is -1.05. The maximum absolute atomic E-state index is 14.0. The Morgan fingerprint density at radius 1 is 0.720 bits per heavy atom. The van der Waals surface area contributed by atoms with Crippen LogP contribution in [0.4, 0.5) is 35.9 Å². The second-order valence-corrected chi connectivity index (χ2v) is 5.16. The summed E-state index contributed by atoms with van der Waals surface area (Å²) in [6, 6.07) is 15.2. The van der Waals surface area contributed by atoms with Crippen molar-refractivity contribution in [2.75, 3.05) is 4.90 Å². The van der Waals surface area contributed by atoms with Crippen molar-refractivity contribution in [3.8, 4) is 0 Å². The van der Waals surface area contributed by atoms with Crippen LogP contribution in [0.2, 0.25) is 0 Å². The zero-order chi connectivity index (χ0) is 18.0. The molecule has 0 radical (unpaired) electrons. The SMILES string of the molecule is O=[N+]([O-])c1ccc(N(c2ccccc2)c2ccc(F)c(F)c2)cc1F. The van der Waals surface area contributed by atoms with E-state index < -0.39 is 28.1 Å². The number of para-hydroxylation sites is 1. The molecule has 0 N–H and O–H groups in total. The highest BCUT2D eigenvalue weighted by Gasteiger charge is 2.19. The maximum atomic E-state index is 14.0. The summed E-state index contributed by atoms with van der Waals surface area (Å²) >= 11 is 0. The molecule has 0 amide bonds. The Kier molecular flexibility index (Phi) is 4.38. The van der Waals surface area contributed by atoms with Crippen molar-refractivity contribution in [1.29, 1.82) is 0 Å². The van der Waals surface area contributed by atoms with Crippen molar-refractivity contribution in [3.63, 3.8) is 0 Å². The minimum absolute atomic E-state index is 0.236. The van der Waals surface area contributed by atoms with Crippen LogP contribution < -0.4 is 4.90 Å². The van der Waals surface area contributed by atoms with Crippen LogP contribution in [0.3, 0.4) is 0 Å². The van der Waals surface area contributed by atoms with Gasteiger partial charge in [-0.1, -0.05) is 18.2 Å². The van der Waals surface area contributed by atoms with Crippen molar-refractivity contribution >= 4 is 22.7 Å². The third-order valence-corrected chi connectivity index (χ3v) is 3.56. The lowest BCUT2D eigenvalue weighted by molar-refractivity contribution is -0.387. The Hall–Kier alpha value is -3.35. The first kappa shape index (κ1) is 16.5. The summed E-state index contributed by atoms with van der Waals surface area (Å²) in [5.41, 5.74) is 0.377. The van der Waals surface area contributed by atoms with Crippen LogP contribution in [0.15, 0.2) is 66.7 Å². The van der Waals surface area contributed by atoms with Crippen LogP contribution in [0, 0.1) is 27.6 Å². The van der Waals surface area contributed by atoms with Crippen molar-refractivity contribution in [2.24, 2.45) is 0 Å². The van der Waals surface area contributed by atoms with E-state index in [4.69, 9.17) is 0 Å². The number of nitro groups is 1. The molecule has 3 rings (SSSR count). The molecule has 0 aliphatic heterocycles. The fourth-order valence-corrected chi connectivity index (χ4v) is 2.43. The summed E-state index contributed by atoms with van der Waals surface area (Å²) in [6.45, 7) is 0. The van der Waals surface area contributed by atoms with Crippen LogP contribution in [-0.2, 0) is 0 Å². The van der Waals surface area contributed by atoms with Crippen molar-refractivity contribution in [3.05, 3.63) is 94.3 Å². The lowest BCUT2D eigenvalue weighted by Gasteiger charge is -2.25. The molecule has 3 aromatic carbocycles. The fourth-order valence-electron chi connectivity index (χ4n) is 2.43. The van der Waals surface area contributed by atoms with Crippen molar-refractivity contribution < 1.29 is 18.1 Å². The van der Waals surface area contributed by atoms with Crippen LogP contribution in [0.25, 0.3) is 0 Å². The highest BCUT2D eigenvalue weighted by molar-refractivity contribution is 5.76. The normalized spacial score (nSPS) is 10.5. The second kappa shape index (κ2) is 6.64. The Balaban J connectivity index is 2.16. The van der Waals surface area contributed by atoms with E-state index in [2.05, 4.69) is 0 Å². The molecule has 0 heterocycles. The van der Waals surface area contributed by atoms with E-state index in [-0.39, 0.29) is 11.4 Å². The molecule has 0 atom stereocenters.